The maximum atomic E-state index is 12.4. The molecule has 0 saturated carbocycles. The Balaban J connectivity index is 1.92. The van der Waals surface area contributed by atoms with E-state index in [0.29, 0.717) is 38.4 Å². The maximum absolute atomic E-state index is 12.4. The van der Waals surface area contributed by atoms with Gasteiger partial charge in [0, 0.05) is 31.1 Å². The van der Waals surface area contributed by atoms with Crippen molar-refractivity contribution in [1.82, 2.24) is 15.2 Å². The minimum absolute atomic E-state index is 0.125. The Morgan fingerprint density at radius 3 is 2.46 bits per heavy atom. The predicted molar refractivity (Wildman–Crippen MR) is 101 cm³/mol. The van der Waals surface area contributed by atoms with Gasteiger partial charge < -0.3 is 15.0 Å². The first-order valence-corrected chi connectivity index (χ1v) is 9.46. The zero-order chi connectivity index (χ0) is 20.7. The normalized spacial score (nSPS) is 15.2. The maximum Gasteiger partial charge on any atom is 0.290 e. The molecule has 8 heteroatoms. The van der Waals surface area contributed by atoms with Crippen LogP contribution in [0.15, 0.2) is 18.3 Å². The van der Waals surface area contributed by atoms with Crippen LogP contribution >= 0.6 is 0 Å². The number of aromatic nitrogens is 1. The molecule has 2 rings (SSSR count). The van der Waals surface area contributed by atoms with E-state index < -0.39 is 29.3 Å². The highest BCUT2D eigenvalue weighted by Crippen LogP contribution is 2.12. The molecule has 8 nitrogen and oxygen atoms in total. The molecule has 1 aliphatic heterocycles. The van der Waals surface area contributed by atoms with Crippen LogP contribution in [-0.4, -0.2) is 59.6 Å². The minimum atomic E-state index is -0.637. The second-order valence-electron chi connectivity index (χ2n) is 7.23. The van der Waals surface area contributed by atoms with Gasteiger partial charge in [0.05, 0.1) is 25.5 Å². The number of amides is 2. The summed E-state index contributed by atoms with van der Waals surface area (Å²) in [5.41, 5.74) is 1.42. The van der Waals surface area contributed by atoms with Gasteiger partial charge in [0.2, 0.25) is 11.6 Å². The van der Waals surface area contributed by atoms with Crippen LogP contribution < -0.4 is 5.32 Å². The van der Waals surface area contributed by atoms with Crippen molar-refractivity contribution in [1.29, 1.82) is 0 Å². The number of ketones is 2. The average molecular weight is 389 g/mol. The van der Waals surface area contributed by atoms with Crippen LogP contribution in [0.25, 0.3) is 0 Å². The molecule has 1 aromatic rings. The molecule has 0 radical (unpaired) electrons. The molecule has 2 heterocycles. The zero-order valence-electron chi connectivity index (χ0n) is 16.6. The number of rotatable bonds is 8. The lowest BCUT2D eigenvalue weighted by Gasteiger charge is -2.27. The van der Waals surface area contributed by atoms with E-state index in [9.17, 15) is 19.2 Å². The molecule has 152 valence electrons. The highest BCUT2D eigenvalue weighted by molar-refractivity contribution is 6.37. The number of nitrogens with zero attached hydrogens (tertiary/aromatic N) is 2. The molecule has 1 unspecified atom stereocenters. The second kappa shape index (κ2) is 10.1. The average Bonchev–Trinajstić information content (AvgIpc) is 2.71. The first-order valence-electron chi connectivity index (χ1n) is 9.46. The third-order valence-electron chi connectivity index (χ3n) is 4.56. The molecule has 0 aliphatic carbocycles. The van der Waals surface area contributed by atoms with E-state index in [-0.39, 0.29) is 12.5 Å². The molecule has 0 aromatic carbocycles. The predicted octanol–water partition coefficient (Wildman–Crippen LogP) is 0.529. The smallest absolute Gasteiger partial charge is 0.290 e. The quantitative estimate of drug-likeness (QED) is 0.650. The van der Waals surface area contributed by atoms with E-state index >= 15 is 0 Å². The molecule has 1 aromatic heterocycles. The summed E-state index contributed by atoms with van der Waals surface area (Å²) in [6, 6.07) is 3.54. The van der Waals surface area contributed by atoms with Crippen LogP contribution in [0, 0.1) is 11.8 Å². The van der Waals surface area contributed by atoms with Gasteiger partial charge in [-0.1, -0.05) is 20.8 Å². The third-order valence-corrected chi connectivity index (χ3v) is 4.56. The van der Waals surface area contributed by atoms with E-state index in [1.54, 1.807) is 39.1 Å². The van der Waals surface area contributed by atoms with Gasteiger partial charge in [-0.3, -0.25) is 24.2 Å². The van der Waals surface area contributed by atoms with Crippen LogP contribution in [-0.2, 0) is 36.9 Å². The summed E-state index contributed by atoms with van der Waals surface area (Å²) >= 11 is 0. The zero-order valence-corrected chi connectivity index (χ0v) is 16.6. The number of hydrogen-bond acceptors (Lipinski definition) is 6. The highest BCUT2D eigenvalue weighted by Gasteiger charge is 2.27. The Hall–Kier alpha value is -2.61. The van der Waals surface area contributed by atoms with Gasteiger partial charge in [-0.2, -0.15) is 0 Å². The molecule has 28 heavy (non-hydrogen) atoms. The molecule has 1 N–H and O–H groups in total. The van der Waals surface area contributed by atoms with Crippen molar-refractivity contribution < 1.29 is 23.9 Å². The van der Waals surface area contributed by atoms with E-state index in [1.165, 1.54) is 4.90 Å². The summed E-state index contributed by atoms with van der Waals surface area (Å²) in [4.78, 5) is 53.9. The Bertz CT molecular complexity index is 741. The largest absolute Gasteiger partial charge is 0.378 e. The summed E-state index contributed by atoms with van der Waals surface area (Å²) in [5.74, 6) is -2.84. The van der Waals surface area contributed by atoms with Crippen LogP contribution in [0.3, 0.4) is 0 Å². The first-order chi connectivity index (χ1) is 13.3. The lowest BCUT2D eigenvalue weighted by Crippen LogP contribution is -2.45. The van der Waals surface area contributed by atoms with Gasteiger partial charge in [0.25, 0.3) is 11.8 Å². The number of carbonyl (C=O) groups excluding carboxylic acids is 4. The number of nitrogens with one attached hydrogen (secondary N) is 1. The number of Topliss-reactive ketones (excluding diaryl/α,β-unsaturated/α-hetero) is 2. The molecule has 1 saturated heterocycles. The van der Waals surface area contributed by atoms with E-state index in [4.69, 9.17) is 4.74 Å². The molecule has 1 fully saturated rings. The highest BCUT2D eigenvalue weighted by atomic mass is 16.5. The SMILES string of the molecule is CC(C)C(=O)C(=O)NCc1cc(CC(C)C(=O)C(=O)N2CCOCC2)ccn1. The Morgan fingerprint density at radius 2 is 1.82 bits per heavy atom. The summed E-state index contributed by atoms with van der Waals surface area (Å²) in [5, 5.41) is 2.55. The lowest BCUT2D eigenvalue weighted by atomic mass is 9.96. The monoisotopic (exact) mass is 389 g/mol. The second-order valence-corrected chi connectivity index (χ2v) is 7.23. The summed E-state index contributed by atoms with van der Waals surface area (Å²) in [7, 11) is 0. The number of ether oxygens (including phenoxy) is 1. The fraction of sp³-hybridized carbons (Fsp3) is 0.550. The van der Waals surface area contributed by atoms with Gasteiger partial charge in [0.1, 0.15) is 0 Å². The standard InChI is InChI=1S/C20H27N3O5/c1-13(2)17(24)19(26)22-12-16-11-15(4-5-21-16)10-14(3)18(25)20(27)23-6-8-28-9-7-23/h4-5,11,13-14H,6-10,12H2,1-3H3,(H,22,26). The van der Waals surface area contributed by atoms with Crippen molar-refractivity contribution >= 4 is 23.4 Å². The minimum Gasteiger partial charge on any atom is -0.378 e. The molecular formula is C20H27N3O5. The molecule has 2 amide bonds. The Labute approximate surface area is 164 Å². The Morgan fingerprint density at radius 1 is 1.14 bits per heavy atom. The molecule has 0 spiro atoms. The van der Waals surface area contributed by atoms with Crippen molar-refractivity contribution in [3.63, 3.8) is 0 Å². The first kappa shape index (κ1) is 21.7. The van der Waals surface area contributed by atoms with Crippen LogP contribution in [0.5, 0.6) is 0 Å². The number of morpholine rings is 1. The van der Waals surface area contributed by atoms with Crippen molar-refractivity contribution in [3.8, 4) is 0 Å². The fourth-order valence-electron chi connectivity index (χ4n) is 2.85. The third kappa shape index (κ3) is 5.95. The van der Waals surface area contributed by atoms with Crippen LogP contribution in [0.4, 0.5) is 0 Å². The van der Waals surface area contributed by atoms with Crippen LogP contribution in [0.1, 0.15) is 32.0 Å². The summed E-state index contributed by atoms with van der Waals surface area (Å²) < 4.78 is 5.20. The van der Waals surface area contributed by atoms with Gasteiger partial charge in [-0.15, -0.1) is 0 Å². The molecule has 1 aliphatic rings. The lowest BCUT2D eigenvalue weighted by molar-refractivity contribution is -0.149. The molecule has 1 atom stereocenters. The van der Waals surface area contributed by atoms with Gasteiger partial charge in [-0.05, 0) is 24.1 Å². The number of pyridine rings is 1. The summed E-state index contributed by atoms with van der Waals surface area (Å²) in [6.45, 7) is 6.95. The van der Waals surface area contributed by atoms with E-state index in [1.807, 2.05) is 0 Å². The van der Waals surface area contributed by atoms with Crippen molar-refractivity contribution in [2.75, 3.05) is 26.3 Å². The van der Waals surface area contributed by atoms with Gasteiger partial charge in [0.15, 0.2) is 0 Å². The van der Waals surface area contributed by atoms with Crippen LogP contribution in [0.2, 0.25) is 0 Å². The van der Waals surface area contributed by atoms with E-state index in [0.717, 1.165) is 5.56 Å². The molecular weight excluding hydrogens is 362 g/mol. The Kier molecular flexibility index (Phi) is 7.80. The van der Waals surface area contributed by atoms with Crippen molar-refractivity contribution in [2.24, 2.45) is 11.8 Å². The van der Waals surface area contributed by atoms with Crippen molar-refractivity contribution in [3.05, 3.63) is 29.6 Å². The van der Waals surface area contributed by atoms with E-state index in [2.05, 4.69) is 10.3 Å². The van der Waals surface area contributed by atoms with Gasteiger partial charge >= 0.3 is 0 Å². The topological polar surface area (TPSA) is 106 Å². The fourth-order valence-corrected chi connectivity index (χ4v) is 2.85. The number of hydrogen-bond donors (Lipinski definition) is 1. The molecule has 0 bridgehead atoms. The van der Waals surface area contributed by atoms with Gasteiger partial charge in [-0.25, -0.2) is 0 Å². The summed E-state index contributed by atoms with van der Waals surface area (Å²) in [6.07, 6.45) is 1.98. The van der Waals surface area contributed by atoms with Crippen molar-refractivity contribution in [2.45, 2.75) is 33.7 Å². The number of carbonyl (C=O) groups is 4.